The number of aromatic hydroxyl groups is 1. The Kier molecular flexibility index (Phi) is 6.65. The van der Waals surface area contributed by atoms with Gasteiger partial charge in [-0.05, 0) is 86.1 Å². The lowest BCUT2D eigenvalue weighted by Gasteiger charge is -2.41. The third-order valence-electron chi connectivity index (χ3n) is 10.5. The highest BCUT2D eigenvalue weighted by atomic mass is 19.1. The van der Waals surface area contributed by atoms with Gasteiger partial charge in [0.25, 0.3) is 0 Å². The molecule has 2 atom stereocenters. The largest absolute Gasteiger partial charge is 0.508 e. The van der Waals surface area contributed by atoms with Crippen LogP contribution in [0, 0.1) is 5.82 Å². The van der Waals surface area contributed by atoms with Crippen LogP contribution in [0.25, 0.3) is 32.8 Å². The number of phenolic OH excluding ortho intramolecular Hbond substituents is 1. The number of fused-ring (bicyclic) bond motifs is 5. The quantitative estimate of drug-likeness (QED) is 0.318. The molecule has 1 aromatic heterocycles. The van der Waals surface area contributed by atoms with Gasteiger partial charge in [0.2, 0.25) is 0 Å². The third kappa shape index (κ3) is 4.51. The van der Waals surface area contributed by atoms with Crippen LogP contribution >= 0.6 is 0 Å². The molecular formula is C34H39FN6O2. The van der Waals surface area contributed by atoms with Crippen LogP contribution in [0.15, 0.2) is 48.5 Å². The second kappa shape index (κ2) is 10.6. The fraction of sp³-hybridized carbons (Fsp3) is 0.471. The van der Waals surface area contributed by atoms with Crippen LogP contribution in [0.5, 0.6) is 11.8 Å². The number of aromatic nitrogens is 2. The van der Waals surface area contributed by atoms with Crippen molar-refractivity contribution in [3.63, 3.8) is 0 Å². The van der Waals surface area contributed by atoms with Crippen molar-refractivity contribution in [2.24, 2.45) is 5.73 Å². The molecule has 3 aromatic carbocycles. The number of rotatable bonds is 7. The second-order valence-corrected chi connectivity index (χ2v) is 12.9. The average Bonchev–Trinajstić information content (AvgIpc) is 3.66. The van der Waals surface area contributed by atoms with Crippen molar-refractivity contribution in [2.75, 3.05) is 50.8 Å². The summed E-state index contributed by atoms with van der Waals surface area (Å²) in [5.41, 5.74) is 7.27. The first-order chi connectivity index (χ1) is 21.0. The molecule has 4 aliphatic rings. The lowest BCUT2D eigenvalue weighted by atomic mass is 9.95. The number of hydrogen-bond donors (Lipinski definition) is 2. The summed E-state index contributed by atoms with van der Waals surface area (Å²) in [5.74, 6) is 0.416. The van der Waals surface area contributed by atoms with Crippen LogP contribution in [0.1, 0.15) is 38.5 Å². The second-order valence-electron chi connectivity index (χ2n) is 12.9. The summed E-state index contributed by atoms with van der Waals surface area (Å²) in [6.07, 6.45) is 6.85. The number of nitrogens with two attached hydrogens (primary N) is 1. The van der Waals surface area contributed by atoms with Gasteiger partial charge in [0.05, 0.1) is 5.54 Å². The Morgan fingerprint density at radius 2 is 1.72 bits per heavy atom. The van der Waals surface area contributed by atoms with Crippen molar-refractivity contribution >= 4 is 27.5 Å². The molecule has 5 heterocycles. The zero-order chi connectivity index (χ0) is 29.1. The molecule has 8 rings (SSSR count). The monoisotopic (exact) mass is 582 g/mol. The van der Waals surface area contributed by atoms with E-state index in [9.17, 15) is 5.11 Å². The van der Waals surface area contributed by atoms with E-state index in [4.69, 9.17) is 20.4 Å². The molecule has 4 aliphatic heterocycles. The summed E-state index contributed by atoms with van der Waals surface area (Å²) < 4.78 is 23.2. The molecule has 0 aliphatic carbocycles. The molecule has 4 aromatic rings. The number of phenols is 1. The van der Waals surface area contributed by atoms with E-state index in [0.29, 0.717) is 41.7 Å². The summed E-state index contributed by atoms with van der Waals surface area (Å²) in [5, 5.41) is 12.9. The Hall–Kier alpha value is -3.53. The first kappa shape index (κ1) is 27.0. The molecule has 3 N–H and O–H groups in total. The number of anilines is 1. The maximum atomic E-state index is 16.7. The minimum absolute atomic E-state index is 0.0340. The lowest BCUT2D eigenvalue weighted by Crippen LogP contribution is -2.55. The number of nitrogens with zero attached hydrogens (tertiary/aromatic N) is 5. The molecule has 0 unspecified atom stereocenters. The summed E-state index contributed by atoms with van der Waals surface area (Å²) in [6.45, 7) is 5.93. The minimum atomic E-state index is -0.423. The molecule has 4 fully saturated rings. The molecule has 224 valence electrons. The first-order valence-corrected chi connectivity index (χ1v) is 15.8. The molecule has 43 heavy (non-hydrogen) atoms. The smallest absolute Gasteiger partial charge is 0.319 e. The Bertz CT molecular complexity index is 1670. The van der Waals surface area contributed by atoms with Gasteiger partial charge < -0.3 is 20.5 Å². The predicted octanol–water partition coefficient (Wildman–Crippen LogP) is 4.91. The van der Waals surface area contributed by atoms with E-state index in [-0.39, 0.29) is 22.8 Å². The maximum Gasteiger partial charge on any atom is 0.319 e. The molecule has 4 saturated heterocycles. The van der Waals surface area contributed by atoms with E-state index in [1.54, 1.807) is 18.2 Å². The molecule has 9 heteroatoms. The zero-order valence-electron chi connectivity index (χ0n) is 24.5. The summed E-state index contributed by atoms with van der Waals surface area (Å²) in [4.78, 5) is 17.1. The van der Waals surface area contributed by atoms with Crippen molar-refractivity contribution < 1.29 is 14.2 Å². The van der Waals surface area contributed by atoms with Crippen LogP contribution in [-0.4, -0.2) is 88.4 Å². The molecule has 0 amide bonds. The number of hydrogen-bond acceptors (Lipinski definition) is 8. The molecular weight excluding hydrogens is 543 g/mol. The van der Waals surface area contributed by atoms with Gasteiger partial charge in [-0.25, -0.2) is 4.39 Å². The SMILES string of the molecule is NCCN1[C@@H]2CC[C@H]1CN(c1nc(OCC34CCCN3CCC4)nc3c(F)c(-c4cc(O)cc5ccccc45)ccc13)C2. The molecule has 0 spiro atoms. The van der Waals surface area contributed by atoms with E-state index in [1.807, 2.05) is 30.3 Å². The summed E-state index contributed by atoms with van der Waals surface area (Å²) in [6, 6.07) is 15.9. The van der Waals surface area contributed by atoms with E-state index in [2.05, 4.69) is 14.7 Å². The van der Waals surface area contributed by atoms with Gasteiger partial charge in [-0.1, -0.05) is 30.3 Å². The highest BCUT2D eigenvalue weighted by molar-refractivity contribution is 6.01. The topological polar surface area (TPSA) is 91.0 Å². The summed E-state index contributed by atoms with van der Waals surface area (Å²) in [7, 11) is 0. The Labute approximate surface area is 251 Å². The van der Waals surface area contributed by atoms with E-state index >= 15 is 4.39 Å². The molecule has 2 bridgehead atoms. The highest BCUT2D eigenvalue weighted by Crippen LogP contribution is 2.42. The van der Waals surface area contributed by atoms with Crippen LogP contribution in [0.3, 0.4) is 0 Å². The van der Waals surface area contributed by atoms with Crippen molar-refractivity contribution in [3.8, 4) is 22.9 Å². The maximum absolute atomic E-state index is 16.7. The van der Waals surface area contributed by atoms with Gasteiger partial charge in [-0.2, -0.15) is 9.97 Å². The number of ether oxygens (including phenoxy) is 1. The van der Waals surface area contributed by atoms with Crippen molar-refractivity contribution in [2.45, 2.75) is 56.1 Å². The first-order valence-electron chi connectivity index (χ1n) is 15.8. The lowest BCUT2D eigenvalue weighted by molar-refractivity contribution is 0.107. The fourth-order valence-electron chi connectivity index (χ4n) is 8.49. The number of halogens is 1. The molecule has 0 saturated carbocycles. The van der Waals surface area contributed by atoms with Gasteiger partial charge in [0.1, 0.15) is 23.7 Å². The van der Waals surface area contributed by atoms with Crippen LogP contribution < -0.4 is 15.4 Å². The Morgan fingerprint density at radius 1 is 0.953 bits per heavy atom. The standard InChI is InChI=1S/C34H39FN6O2/c35-30-27(29-18-25(42)17-22-5-1-2-6-26(22)29)9-10-28-31(30)37-33(43-21-34-11-3-14-40(34)15-4-12-34)38-32(28)39-19-23-7-8-24(20-39)41(23)16-13-36/h1-2,5-6,9-10,17-18,23-24,42H,3-4,7-8,11-16,19-21,36H2/t23-,24+. The molecule has 0 radical (unpaired) electrons. The average molecular weight is 583 g/mol. The van der Waals surface area contributed by atoms with Gasteiger partial charge >= 0.3 is 6.01 Å². The Balaban J connectivity index is 1.23. The van der Waals surface area contributed by atoms with Crippen molar-refractivity contribution in [1.29, 1.82) is 0 Å². The molecule has 8 nitrogen and oxygen atoms in total. The number of piperazine rings is 1. The van der Waals surface area contributed by atoms with Gasteiger partial charge in [-0.15, -0.1) is 0 Å². The van der Waals surface area contributed by atoms with Gasteiger partial charge in [-0.3, -0.25) is 9.80 Å². The van der Waals surface area contributed by atoms with Gasteiger partial charge in [0.15, 0.2) is 5.82 Å². The van der Waals surface area contributed by atoms with Crippen LogP contribution in [0.2, 0.25) is 0 Å². The van der Waals surface area contributed by atoms with E-state index in [1.165, 1.54) is 12.8 Å². The van der Waals surface area contributed by atoms with Crippen LogP contribution in [-0.2, 0) is 0 Å². The normalized spacial score (nSPS) is 23.4. The van der Waals surface area contributed by atoms with E-state index in [0.717, 1.165) is 75.0 Å². The third-order valence-corrected chi connectivity index (χ3v) is 10.5. The fourth-order valence-corrected chi connectivity index (χ4v) is 8.49. The van der Waals surface area contributed by atoms with Crippen molar-refractivity contribution in [3.05, 3.63) is 54.3 Å². The predicted molar refractivity (Wildman–Crippen MR) is 167 cm³/mol. The zero-order valence-corrected chi connectivity index (χ0v) is 24.5. The highest BCUT2D eigenvalue weighted by Gasteiger charge is 2.45. The Morgan fingerprint density at radius 3 is 2.49 bits per heavy atom. The van der Waals surface area contributed by atoms with Crippen LogP contribution in [0.4, 0.5) is 10.2 Å². The van der Waals surface area contributed by atoms with Crippen molar-refractivity contribution in [1.82, 2.24) is 19.8 Å². The van der Waals surface area contributed by atoms with Gasteiger partial charge in [0, 0.05) is 49.2 Å². The summed E-state index contributed by atoms with van der Waals surface area (Å²) >= 11 is 0. The number of benzene rings is 3. The minimum Gasteiger partial charge on any atom is -0.508 e. The van der Waals surface area contributed by atoms with E-state index < -0.39 is 5.82 Å².